The van der Waals surface area contributed by atoms with Crippen LogP contribution in [-0.2, 0) is 11.2 Å². The molecule has 3 aromatic rings. The Morgan fingerprint density at radius 2 is 1.97 bits per heavy atom. The van der Waals surface area contributed by atoms with Gasteiger partial charge in [-0.15, -0.1) is 0 Å². The fourth-order valence-corrected chi connectivity index (χ4v) is 3.84. The lowest BCUT2D eigenvalue weighted by atomic mass is 9.86. The molecule has 4 nitrogen and oxygen atoms in total. The van der Waals surface area contributed by atoms with E-state index >= 15 is 0 Å². The van der Waals surface area contributed by atoms with E-state index in [0.717, 1.165) is 52.6 Å². The van der Waals surface area contributed by atoms with Crippen LogP contribution in [0.5, 0.6) is 0 Å². The van der Waals surface area contributed by atoms with E-state index in [1.54, 1.807) is 6.92 Å². The van der Waals surface area contributed by atoms with Crippen LogP contribution < -0.4 is 0 Å². The lowest BCUT2D eigenvalue weighted by molar-refractivity contribution is 0.0436. The number of hydrogen-bond donors (Lipinski definition) is 0. The number of rotatable bonds is 3. The zero-order chi connectivity index (χ0) is 20.4. The molecule has 1 atom stereocenters. The third-order valence-electron chi connectivity index (χ3n) is 5.05. The van der Waals surface area contributed by atoms with E-state index in [9.17, 15) is 4.79 Å². The summed E-state index contributed by atoms with van der Waals surface area (Å²) in [4.78, 5) is 17.9. The third kappa shape index (κ3) is 3.87. The van der Waals surface area contributed by atoms with Crippen LogP contribution in [-0.4, -0.2) is 17.1 Å². The summed E-state index contributed by atoms with van der Waals surface area (Å²) in [6.45, 7) is 1.57. The van der Waals surface area contributed by atoms with Crippen LogP contribution >= 0.6 is 11.6 Å². The maximum atomic E-state index is 13.0. The first-order valence-electron chi connectivity index (χ1n) is 9.55. The second kappa shape index (κ2) is 8.06. The Labute approximate surface area is 174 Å². The number of allylic oxidation sites excluding steroid dienone is 1. The van der Waals surface area contributed by atoms with Crippen molar-refractivity contribution in [2.24, 2.45) is 0 Å². The molecule has 0 bridgehead atoms. The van der Waals surface area contributed by atoms with Crippen LogP contribution in [0.25, 0.3) is 22.6 Å². The normalized spacial score (nSPS) is 15.6. The van der Waals surface area contributed by atoms with Crippen LogP contribution in [0.15, 0.2) is 48.5 Å². The van der Waals surface area contributed by atoms with Crippen molar-refractivity contribution >= 4 is 40.1 Å². The molecular weight excluding hydrogens is 384 g/mol. The van der Waals surface area contributed by atoms with Crippen molar-refractivity contribution in [2.45, 2.75) is 32.3 Å². The molecule has 0 unspecified atom stereocenters. The van der Waals surface area contributed by atoms with Gasteiger partial charge in [0.1, 0.15) is 6.07 Å². The lowest BCUT2D eigenvalue weighted by Crippen LogP contribution is -2.18. The number of pyridine rings is 1. The second-order valence-corrected chi connectivity index (χ2v) is 7.52. The first-order valence-corrected chi connectivity index (χ1v) is 9.93. The highest BCUT2D eigenvalue weighted by molar-refractivity contribution is 6.30. The summed E-state index contributed by atoms with van der Waals surface area (Å²) >= 11 is 6.00. The number of halogens is 1. The Hall–Kier alpha value is -3.16. The second-order valence-electron chi connectivity index (χ2n) is 7.08. The molecule has 5 heteroatoms. The molecule has 1 heterocycles. The monoisotopic (exact) mass is 402 g/mol. The highest BCUT2D eigenvalue weighted by Gasteiger charge is 2.26. The molecule has 144 valence electrons. The fourth-order valence-electron chi connectivity index (χ4n) is 3.71. The van der Waals surface area contributed by atoms with Gasteiger partial charge in [-0.2, -0.15) is 5.26 Å². The van der Waals surface area contributed by atoms with Gasteiger partial charge in [-0.3, -0.25) is 0 Å². The number of esters is 1. The van der Waals surface area contributed by atoms with Gasteiger partial charge in [-0.1, -0.05) is 41.9 Å². The van der Waals surface area contributed by atoms with Crippen LogP contribution in [0.4, 0.5) is 0 Å². The summed E-state index contributed by atoms with van der Waals surface area (Å²) in [5, 5.41) is 10.5. The molecular formula is C24H19ClN2O2. The van der Waals surface area contributed by atoms with E-state index in [1.807, 2.05) is 54.6 Å². The van der Waals surface area contributed by atoms with E-state index in [1.165, 1.54) is 0 Å². The van der Waals surface area contributed by atoms with Crippen molar-refractivity contribution in [1.29, 1.82) is 5.26 Å². The summed E-state index contributed by atoms with van der Waals surface area (Å²) < 4.78 is 5.36. The zero-order valence-corrected chi connectivity index (χ0v) is 16.7. The largest absolute Gasteiger partial charge is 0.444 e. The molecule has 4 rings (SSSR count). The van der Waals surface area contributed by atoms with Crippen LogP contribution in [0.1, 0.15) is 46.9 Å². The number of carbonyl (C=O) groups excluding carboxylic acids is 1. The van der Waals surface area contributed by atoms with Gasteiger partial charge in [0.15, 0.2) is 6.10 Å². The van der Waals surface area contributed by atoms with Crippen LogP contribution in [0.2, 0.25) is 5.02 Å². The van der Waals surface area contributed by atoms with Gasteiger partial charge >= 0.3 is 5.97 Å². The quantitative estimate of drug-likeness (QED) is 0.516. The minimum Gasteiger partial charge on any atom is -0.444 e. The van der Waals surface area contributed by atoms with Gasteiger partial charge < -0.3 is 4.74 Å². The van der Waals surface area contributed by atoms with Crippen LogP contribution in [0.3, 0.4) is 0 Å². The summed E-state index contributed by atoms with van der Waals surface area (Å²) in [5.74, 6) is -0.471. The number of fused-ring (bicyclic) bond motifs is 2. The van der Waals surface area contributed by atoms with Gasteiger partial charge in [-0.05, 0) is 67.2 Å². The van der Waals surface area contributed by atoms with Gasteiger partial charge in [0.2, 0.25) is 0 Å². The Balaban J connectivity index is 1.89. The molecule has 0 radical (unpaired) electrons. The predicted octanol–water partition coefficient (Wildman–Crippen LogP) is 5.83. The first-order chi connectivity index (χ1) is 14.1. The fraction of sp³-hybridized carbons (Fsp3) is 0.208. The van der Waals surface area contributed by atoms with E-state index in [4.69, 9.17) is 26.6 Å². The molecule has 2 aromatic carbocycles. The van der Waals surface area contributed by atoms with Crippen molar-refractivity contribution in [1.82, 2.24) is 4.98 Å². The minimum atomic E-state index is -0.808. The van der Waals surface area contributed by atoms with E-state index in [2.05, 4.69) is 6.08 Å². The van der Waals surface area contributed by atoms with Gasteiger partial charge in [0.05, 0.1) is 16.8 Å². The Bertz CT molecular complexity index is 1160. The van der Waals surface area contributed by atoms with Crippen molar-refractivity contribution in [3.8, 4) is 6.07 Å². The average Bonchev–Trinajstić information content (AvgIpc) is 2.73. The number of ether oxygens (including phenoxy) is 1. The van der Waals surface area contributed by atoms with Crippen molar-refractivity contribution in [2.75, 3.05) is 0 Å². The Morgan fingerprint density at radius 3 is 2.72 bits per heavy atom. The van der Waals surface area contributed by atoms with E-state index < -0.39 is 12.1 Å². The van der Waals surface area contributed by atoms with Gasteiger partial charge in [0.25, 0.3) is 0 Å². The van der Waals surface area contributed by atoms with Crippen LogP contribution in [0, 0.1) is 11.3 Å². The molecule has 0 N–H and O–H groups in total. The molecule has 0 spiro atoms. The third-order valence-corrected chi connectivity index (χ3v) is 5.30. The summed E-state index contributed by atoms with van der Waals surface area (Å²) in [5.41, 5.74) is 5.11. The molecule has 0 aliphatic heterocycles. The molecule has 0 fully saturated rings. The zero-order valence-electron chi connectivity index (χ0n) is 16.0. The summed E-state index contributed by atoms with van der Waals surface area (Å²) in [6, 6.07) is 17.2. The molecule has 29 heavy (non-hydrogen) atoms. The molecule has 1 aliphatic rings. The maximum absolute atomic E-state index is 13.0. The maximum Gasteiger partial charge on any atom is 0.340 e. The molecule has 0 amide bonds. The van der Waals surface area contributed by atoms with Gasteiger partial charge in [0, 0.05) is 10.4 Å². The number of para-hydroxylation sites is 1. The minimum absolute atomic E-state index is 0.471. The molecule has 0 saturated carbocycles. The molecule has 1 aromatic heterocycles. The Morgan fingerprint density at radius 1 is 1.21 bits per heavy atom. The number of nitrogens with zero attached hydrogens (tertiary/aromatic N) is 2. The van der Waals surface area contributed by atoms with Crippen molar-refractivity contribution in [3.63, 3.8) is 0 Å². The van der Waals surface area contributed by atoms with Crippen molar-refractivity contribution in [3.05, 3.63) is 75.9 Å². The molecule has 0 saturated heterocycles. The van der Waals surface area contributed by atoms with E-state index in [0.29, 0.717) is 10.6 Å². The number of carbonyl (C=O) groups is 1. The standard InChI is InChI=1S/C24H19ClN2O2/c1-15(14-26)29-24(28)22-19-6-2-3-8-21(19)27-23-17(5-4-7-20(22)23)13-16-9-11-18(25)12-10-16/h2-3,6,8-13,15H,4-5,7H2,1H3/b17-13+/t15-/m1/s1. The summed E-state index contributed by atoms with van der Waals surface area (Å²) in [7, 11) is 0. The number of nitriles is 1. The topological polar surface area (TPSA) is 63.0 Å². The van der Waals surface area contributed by atoms with E-state index in [-0.39, 0.29) is 0 Å². The number of hydrogen-bond acceptors (Lipinski definition) is 4. The molecule has 1 aliphatic carbocycles. The smallest absolute Gasteiger partial charge is 0.340 e. The number of benzene rings is 2. The Kier molecular flexibility index (Phi) is 5.33. The summed E-state index contributed by atoms with van der Waals surface area (Å²) in [6.07, 6.45) is 3.84. The number of aromatic nitrogens is 1. The first kappa shape index (κ1) is 19.2. The average molecular weight is 403 g/mol. The van der Waals surface area contributed by atoms with Gasteiger partial charge in [-0.25, -0.2) is 9.78 Å². The highest BCUT2D eigenvalue weighted by Crippen LogP contribution is 2.36. The van der Waals surface area contributed by atoms with Crippen molar-refractivity contribution < 1.29 is 9.53 Å². The highest BCUT2D eigenvalue weighted by atomic mass is 35.5. The SMILES string of the molecule is C[C@H](C#N)OC(=O)c1c2c(nc3ccccc13)/C(=C/c1ccc(Cl)cc1)CCC2. The predicted molar refractivity (Wildman–Crippen MR) is 114 cm³/mol. The lowest BCUT2D eigenvalue weighted by Gasteiger charge is -2.22.